The van der Waals surface area contributed by atoms with Gasteiger partial charge in [-0.1, -0.05) is 6.07 Å². The fourth-order valence-electron chi connectivity index (χ4n) is 4.06. The highest BCUT2D eigenvalue weighted by Crippen LogP contribution is 2.32. The molecule has 2 aliphatic rings. The molecular formula is C23H39N5O4. The Morgan fingerprint density at radius 2 is 1.69 bits per heavy atom. The van der Waals surface area contributed by atoms with E-state index in [1.807, 2.05) is 6.07 Å². The molecule has 0 amide bonds. The zero-order chi connectivity index (χ0) is 22.6. The van der Waals surface area contributed by atoms with Crippen LogP contribution >= 0.6 is 0 Å². The van der Waals surface area contributed by atoms with E-state index in [1.165, 1.54) is 0 Å². The number of guanidine groups is 1. The first-order chi connectivity index (χ1) is 15.7. The number of rotatable bonds is 10. The summed E-state index contributed by atoms with van der Waals surface area (Å²) in [5, 5.41) is 6.87. The number of aliphatic imine (C=N–C) groups is 1. The first kappa shape index (κ1) is 24.6. The molecular weight excluding hydrogens is 410 g/mol. The maximum atomic E-state index is 5.58. The number of methoxy groups -OCH3 is 2. The Kier molecular flexibility index (Phi) is 10.3. The highest BCUT2D eigenvalue weighted by molar-refractivity contribution is 5.79. The van der Waals surface area contributed by atoms with E-state index in [4.69, 9.17) is 23.9 Å². The van der Waals surface area contributed by atoms with E-state index in [2.05, 4.69) is 39.5 Å². The van der Waals surface area contributed by atoms with Crippen molar-refractivity contribution in [3.05, 3.63) is 23.8 Å². The van der Waals surface area contributed by atoms with Gasteiger partial charge in [0.25, 0.3) is 0 Å². The van der Waals surface area contributed by atoms with Gasteiger partial charge in [0, 0.05) is 45.8 Å². The topological polar surface area (TPSA) is 79.8 Å². The van der Waals surface area contributed by atoms with Crippen LogP contribution in [0.3, 0.4) is 0 Å². The fraction of sp³-hybridized carbons (Fsp3) is 0.696. The van der Waals surface area contributed by atoms with Crippen LogP contribution in [0, 0.1) is 0 Å². The van der Waals surface area contributed by atoms with E-state index in [0.29, 0.717) is 6.54 Å². The summed E-state index contributed by atoms with van der Waals surface area (Å²) in [7, 11) is 3.33. The molecule has 1 aromatic rings. The van der Waals surface area contributed by atoms with Crippen LogP contribution in [-0.4, -0.2) is 109 Å². The first-order valence-corrected chi connectivity index (χ1v) is 11.6. The second-order valence-corrected chi connectivity index (χ2v) is 7.88. The maximum absolute atomic E-state index is 5.58. The Labute approximate surface area is 192 Å². The molecule has 1 atom stereocenters. The van der Waals surface area contributed by atoms with Gasteiger partial charge in [-0.2, -0.15) is 0 Å². The highest BCUT2D eigenvalue weighted by atomic mass is 16.5. The van der Waals surface area contributed by atoms with Crippen LogP contribution in [0.25, 0.3) is 0 Å². The van der Waals surface area contributed by atoms with Crippen LogP contribution in [-0.2, 0) is 9.47 Å². The highest BCUT2D eigenvalue weighted by Gasteiger charge is 2.24. The lowest BCUT2D eigenvalue weighted by atomic mass is 10.0. The van der Waals surface area contributed by atoms with Gasteiger partial charge in [0.05, 0.1) is 53.2 Å². The summed E-state index contributed by atoms with van der Waals surface area (Å²) < 4.78 is 22.0. The molecule has 0 spiro atoms. The lowest BCUT2D eigenvalue weighted by molar-refractivity contribution is 0.0179. The SMILES string of the molecule is CCNC(=NCC(c1ccc(OC)c(OC)c1)N1CCOCC1)NCCN1CCOCC1. The first-order valence-electron chi connectivity index (χ1n) is 11.6. The minimum Gasteiger partial charge on any atom is -0.493 e. The Balaban J connectivity index is 1.69. The van der Waals surface area contributed by atoms with Crippen molar-refractivity contribution >= 4 is 5.96 Å². The summed E-state index contributed by atoms with van der Waals surface area (Å²) >= 11 is 0. The second-order valence-electron chi connectivity index (χ2n) is 7.88. The van der Waals surface area contributed by atoms with Crippen molar-refractivity contribution in [2.45, 2.75) is 13.0 Å². The predicted molar refractivity (Wildman–Crippen MR) is 126 cm³/mol. The van der Waals surface area contributed by atoms with Gasteiger partial charge in [-0.3, -0.25) is 14.8 Å². The van der Waals surface area contributed by atoms with Gasteiger partial charge in [0.2, 0.25) is 0 Å². The number of hydrogen-bond donors (Lipinski definition) is 2. The minimum absolute atomic E-state index is 0.133. The van der Waals surface area contributed by atoms with E-state index in [9.17, 15) is 0 Å². The Hall–Kier alpha value is -2.07. The molecule has 0 aliphatic carbocycles. The molecule has 2 N–H and O–H groups in total. The standard InChI is InChI=1S/C23H39N5O4/c1-4-24-23(25-7-8-27-9-13-31-14-10-27)26-18-20(28-11-15-32-16-12-28)19-5-6-21(29-2)22(17-19)30-3/h5-6,17,20H,4,7-16,18H2,1-3H3,(H2,24,25,26). The number of nitrogens with zero attached hydrogens (tertiary/aromatic N) is 3. The summed E-state index contributed by atoms with van der Waals surface area (Å²) in [5.41, 5.74) is 1.16. The summed E-state index contributed by atoms with van der Waals surface area (Å²) in [6.45, 7) is 12.3. The Bertz CT molecular complexity index is 706. The quantitative estimate of drug-likeness (QED) is 0.404. The van der Waals surface area contributed by atoms with E-state index < -0.39 is 0 Å². The minimum atomic E-state index is 0.133. The average molecular weight is 450 g/mol. The number of nitrogens with one attached hydrogen (secondary N) is 2. The third kappa shape index (κ3) is 7.23. The van der Waals surface area contributed by atoms with Crippen LogP contribution in [0.2, 0.25) is 0 Å². The Morgan fingerprint density at radius 1 is 1.00 bits per heavy atom. The molecule has 0 aromatic heterocycles. The molecule has 2 aliphatic heterocycles. The van der Waals surface area contributed by atoms with Gasteiger partial charge in [-0.25, -0.2) is 0 Å². The van der Waals surface area contributed by atoms with Crippen LogP contribution in [0.15, 0.2) is 23.2 Å². The lowest BCUT2D eigenvalue weighted by Gasteiger charge is -2.34. The van der Waals surface area contributed by atoms with E-state index in [0.717, 1.165) is 95.3 Å². The molecule has 32 heavy (non-hydrogen) atoms. The van der Waals surface area contributed by atoms with Crippen LogP contribution in [0.5, 0.6) is 11.5 Å². The van der Waals surface area contributed by atoms with E-state index >= 15 is 0 Å². The molecule has 0 bridgehead atoms. The average Bonchev–Trinajstić information content (AvgIpc) is 2.85. The van der Waals surface area contributed by atoms with Crippen molar-refractivity contribution in [1.82, 2.24) is 20.4 Å². The summed E-state index contributed by atoms with van der Waals surface area (Å²) in [5.74, 6) is 2.32. The monoisotopic (exact) mass is 449 g/mol. The Morgan fingerprint density at radius 3 is 2.34 bits per heavy atom. The summed E-state index contributed by atoms with van der Waals surface area (Å²) in [6.07, 6.45) is 0. The van der Waals surface area contributed by atoms with Gasteiger partial charge in [-0.05, 0) is 24.6 Å². The third-order valence-electron chi connectivity index (χ3n) is 5.87. The van der Waals surface area contributed by atoms with Crippen molar-refractivity contribution in [3.8, 4) is 11.5 Å². The van der Waals surface area contributed by atoms with Gasteiger partial charge in [0.1, 0.15) is 0 Å². The molecule has 3 rings (SSSR count). The fourth-order valence-corrected chi connectivity index (χ4v) is 4.06. The molecule has 0 saturated carbocycles. The van der Waals surface area contributed by atoms with Crippen molar-refractivity contribution in [2.24, 2.45) is 4.99 Å². The zero-order valence-electron chi connectivity index (χ0n) is 19.8. The third-order valence-corrected chi connectivity index (χ3v) is 5.87. The van der Waals surface area contributed by atoms with Gasteiger partial charge >= 0.3 is 0 Å². The van der Waals surface area contributed by atoms with Gasteiger partial charge in [-0.15, -0.1) is 0 Å². The van der Waals surface area contributed by atoms with E-state index in [1.54, 1.807) is 14.2 Å². The molecule has 1 aromatic carbocycles. The zero-order valence-corrected chi connectivity index (χ0v) is 19.8. The molecule has 9 heteroatoms. The van der Waals surface area contributed by atoms with Crippen LogP contribution in [0.4, 0.5) is 0 Å². The van der Waals surface area contributed by atoms with Crippen molar-refractivity contribution in [3.63, 3.8) is 0 Å². The number of morpholine rings is 2. The van der Waals surface area contributed by atoms with Gasteiger partial charge in [0.15, 0.2) is 17.5 Å². The second kappa shape index (κ2) is 13.5. The number of ether oxygens (including phenoxy) is 4. The molecule has 2 heterocycles. The molecule has 0 radical (unpaired) electrons. The van der Waals surface area contributed by atoms with E-state index in [-0.39, 0.29) is 6.04 Å². The summed E-state index contributed by atoms with van der Waals surface area (Å²) in [4.78, 5) is 9.80. The number of benzene rings is 1. The number of hydrogen-bond acceptors (Lipinski definition) is 7. The summed E-state index contributed by atoms with van der Waals surface area (Å²) in [6, 6.07) is 6.27. The van der Waals surface area contributed by atoms with Crippen molar-refractivity contribution in [1.29, 1.82) is 0 Å². The maximum Gasteiger partial charge on any atom is 0.191 e. The lowest BCUT2D eigenvalue weighted by Crippen LogP contribution is -2.45. The molecule has 1 unspecified atom stereocenters. The van der Waals surface area contributed by atoms with Crippen molar-refractivity contribution < 1.29 is 18.9 Å². The van der Waals surface area contributed by atoms with Crippen molar-refractivity contribution in [2.75, 3.05) is 93.0 Å². The molecule has 2 fully saturated rings. The van der Waals surface area contributed by atoms with Crippen LogP contribution < -0.4 is 20.1 Å². The smallest absolute Gasteiger partial charge is 0.191 e. The normalized spacial score (nSPS) is 19.4. The largest absolute Gasteiger partial charge is 0.493 e. The molecule has 2 saturated heterocycles. The van der Waals surface area contributed by atoms with Gasteiger partial charge < -0.3 is 29.6 Å². The van der Waals surface area contributed by atoms with Crippen LogP contribution in [0.1, 0.15) is 18.5 Å². The molecule has 9 nitrogen and oxygen atoms in total. The molecule has 180 valence electrons. The predicted octanol–water partition coefficient (Wildman–Crippen LogP) is 0.964.